The lowest BCUT2D eigenvalue weighted by molar-refractivity contribution is -0.209. The number of methoxy groups -OCH3 is 1. The van der Waals surface area contributed by atoms with Gasteiger partial charge in [0.25, 0.3) is 6.23 Å². The van der Waals surface area contributed by atoms with Crippen LogP contribution in [-0.4, -0.2) is 49.9 Å². The van der Waals surface area contributed by atoms with Gasteiger partial charge in [-0.1, -0.05) is 0 Å². The van der Waals surface area contributed by atoms with Crippen molar-refractivity contribution in [2.75, 3.05) is 13.7 Å². The van der Waals surface area contributed by atoms with E-state index in [1.54, 1.807) is 0 Å². The molecule has 0 radical (unpaired) electrons. The SMILES string of the molecule is COC(=O)C(NC(=O)[C@@H]1CCCN1)OC(=O)C(F)(F)F. The van der Waals surface area contributed by atoms with Crippen LogP contribution >= 0.6 is 0 Å². The Morgan fingerprint density at radius 1 is 1.35 bits per heavy atom. The van der Waals surface area contributed by atoms with Gasteiger partial charge in [0, 0.05) is 0 Å². The highest BCUT2D eigenvalue weighted by molar-refractivity contribution is 5.88. The zero-order chi connectivity index (χ0) is 15.3. The molecule has 0 aliphatic carbocycles. The molecule has 1 heterocycles. The molecule has 0 aromatic heterocycles. The Morgan fingerprint density at radius 2 is 2.00 bits per heavy atom. The smallest absolute Gasteiger partial charge is 0.465 e. The molecule has 20 heavy (non-hydrogen) atoms. The summed E-state index contributed by atoms with van der Waals surface area (Å²) in [6.45, 7) is 0.573. The number of carbonyl (C=O) groups excluding carboxylic acids is 3. The highest BCUT2D eigenvalue weighted by atomic mass is 19.4. The lowest BCUT2D eigenvalue weighted by Gasteiger charge is -2.19. The fraction of sp³-hybridized carbons (Fsp3) is 0.700. The maximum atomic E-state index is 12.1. The Kier molecular flexibility index (Phi) is 5.31. The molecule has 0 aromatic carbocycles. The number of alkyl halides is 3. The van der Waals surface area contributed by atoms with E-state index in [-0.39, 0.29) is 0 Å². The van der Waals surface area contributed by atoms with E-state index in [0.29, 0.717) is 19.4 Å². The Labute approximate surface area is 111 Å². The normalized spacial score (nSPS) is 20.1. The number of ether oxygens (including phenoxy) is 2. The second kappa shape index (κ2) is 6.55. The number of rotatable bonds is 4. The summed E-state index contributed by atoms with van der Waals surface area (Å²) in [7, 11) is 0.886. The molecule has 0 saturated carbocycles. The maximum absolute atomic E-state index is 12.1. The molecule has 1 amide bonds. The number of halogens is 3. The van der Waals surface area contributed by atoms with Crippen LogP contribution in [0.4, 0.5) is 13.2 Å². The summed E-state index contributed by atoms with van der Waals surface area (Å²) in [6, 6.07) is -0.647. The molecule has 1 aliphatic heterocycles. The van der Waals surface area contributed by atoms with E-state index in [1.807, 2.05) is 5.32 Å². The molecule has 2 atom stereocenters. The number of carbonyl (C=O) groups is 3. The molecule has 0 spiro atoms. The predicted octanol–water partition coefficient (Wildman–Crippen LogP) is -0.541. The van der Waals surface area contributed by atoms with Gasteiger partial charge in [0.2, 0.25) is 5.91 Å². The molecule has 114 valence electrons. The Balaban J connectivity index is 2.67. The van der Waals surface area contributed by atoms with Crippen LogP contribution in [0.3, 0.4) is 0 Å². The second-order valence-corrected chi connectivity index (χ2v) is 3.96. The highest BCUT2D eigenvalue weighted by Gasteiger charge is 2.44. The van der Waals surface area contributed by atoms with E-state index in [4.69, 9.17) is 0 Å². The first-order valence-corrected chi connectivity index (χ1v) is 5.65. The fourth-order valence-corrected chi connectivity index (χ4v) is 1.56. The highest BCUT2D eigenvalue weighted by Crippen LogP contribution is 2.17. The van der Waals surface area contributed by atoms with Gasteiger partial charge < -0.3 is 20.1 Å². The topological polar surface area (TPSA) is 93.7 Å². The minimum absolute atomic E-state index is 0.465. The first-order chi connectivity index (χ1) is 9.25. The zero-order valence-electron chi connectivity index (χ0n) is 10.5. The van der Waals surface area contributed by atoms with Crippen molar-refractivity contribution in [1.29, 1.82) is 0 Å². The third-order valence-corrected chi connectivity index (χ3v) is 2.52. The van der Waals surface area contributed by atoms with Gasteiger partial charge in [0.1, 0.15) is 0 Å². The van der Waals surface area contributed by atoms with Crippen molar-refractivity contribution < 1.29 is 37.0 Å². The van der Waals surface area contributed by atoms with Crippen LogP contribution in [0.15, 0.2) is 0 Å². The van der Waals surface area contributed by atoms with E-state index in [1.165, 1.54) is 0 Å². The minimum atomic E-state index is -5.28. The van der Waals surface area contributed by atoms with Gasteiger partial charge in [-0.05, 0) is 19.4 Å². The van der Waals surface area contributed by atoms with E-state index in [9.17, 15) is 27.6 Å². The van der Waals surface area contributed by atoms with E-state index in [2.05, 4.69) is 14.8 Å². The molecule has 1 unspecified atom stereocenters. The third kappa shape index (κ3) is 4.37. The van der Waals surface area contributed by atoms with Crippen LogP contribution in [0.1, 0.15) is 12.8 Å². The van der Waals surface area contributed by atoms with Gasteiger partial charge in [-0.15, -0.1) is 0 Å². The Hall–Kier alpha value is -1.84. The minimum Gasteiger partial charge on any atom is -0.465 e. The third-order valence-electron chi connectivity index (χ3n) is 2.52. The van der Waals surface area contributed by atoms with Crippen molar-refractivity contribution in [3.05, 3.63) is 0 Å². The first-order valence-electron chi connectivity index (χ1n) is 5.65. The van der Waals surface area contributed by atoms with Crippen LogP contribution in [0.25, 0.3) is 0 Å². The summed E-state index contributed by atoms with van der Waals surface area (Å²) < 4.78 is 44.3. The van der Waals surface area contributed by atoms with Crippen LogP contribution < -0.4 is 10.6 Å². The van der Waals surface area contributed by atoms with Crippen LogP contribution in [0.5, 0.6) is 0 Å². The Bertz CT molecular complexity index is 393. The molecule has 7 nitrogen and oxygen atoms in total. The van der Waals surface area contributed by atoms with Crippen LogP contribution in [0, 0.1) is 0 Å². The number of esters is 2. The molecule has 1 rings (SSSR count). The van der Waals surface area contributed by atoms with Crippen LogP contribution in [0.2, 0.25) is 0 Å². The number of hydrogen-bond acceptors (Lipinski definition) is 6. The summed E-state index contributed by atoms with van der Waals surface area (Å²) in [4.78, 5) is 33.6. The lowest BCUT2D eigenvalue weighted by Crippen LogP contribution is -2.51. The summed E-state index contributed by atoms with van der Waals surface area (Å²) in [5.41, 5.74) is 0. The maximum Gasteiger partial charge on any atom is 0.491 e. The van der Waals surface area contributed by atoms with Gasteiger partial charge in [-0.3, -0.25) is 4.79 Å². The molecule has 1 fully saturated rings. The fourth-order valence-electron chi connectivity index (χ4n) is 1.56. The van der Waals surface area contributed by atoms with E-state index in [0.717, 1.165) is 7.11 Å². The van der Waals surface area contributed by atoms with Crippen molar-refractivity contribution in [3.8, 4) is 0 Å². The average Bonchev–Trinajstić information content (AvgIpc) is 2.89. The summed E-state index contributed by atoms with van der Waals surface area (Å²) in [5.74, 6) is -4.64. The standard InChI is InChI=1S/C10H13F3N2O5/c1-19-8(17)7(20-9(18)10(11,12)13)15-6(16)5-3-2-4-14-5/h5,7,14H,2-4H2,1H3,(H,15,16)/t5-,7?/m0/s1. The predicted molar refractivity (Wildman–Crippen MR) is 57.1 cm³/mol. The molecule has 1 saturated heterocycles. The Morgan fingerprint density at radius 3 is 2.45 bits per heavy atom. The number of amides is 1. The molecule has 0 bridgehead atoms. The number of hydrogen-bond donors (Lipinski definition) is 2. The first kappa shape index (κ1) is 16.2. The van der Waals surface area contributed by atoms with Crippen molar-refractivity contribution in [3.63, 3.8) is 0 Å². The summed E-state index contributed by atoms with van der Waals surface area (Å²) >= 11 is 0. The summed E-state index contributed by atoms with van der Waals surface area (Å²) in [5, 5.41) is 4.67. The lowest BCUT2D eigenvalue weighted by atomic mass is 10.2. The van der Waals surface area contributed by atoms with Gasteiger partial charge in [0.05, 0.1) is 13.2 Å². The van der Waals surface area contributed by atoms with Crippen molar-refractivity contribution in [2.24, 2.45) is 0 Å². The van der Waals surface area contributed by atoms with Gasteiger partial charge in [-0.2, -0.15) is 13.2 Å². The summed E-state index contributed by atoms with van der Waals surface area (Å²) in [6.07, 6.45) is -6.23. The van der Waals surface area contributed by atoms with Gasteiger partial charge in [0.15, 0.2) is 0 Å². The second-order valence-electron chi connectivity index (χ2n) is 3.96. The van der Waals surface area contributed by atoms with Crippen molar-refractivity contribution in [1.82, 2.24) is 10.6 Å². The molecule has 0 aromatic rings. The molecule has 2 N–H and O–H groups in total. The molecule has 1 aliphatic rings. The van der Waals surface area contributed by atoms with Crippen LogP contribution in [-0.2, 0) is 23.9 Å². The van der Waals surface area contributed by atoms with Crippen molar-refractivity contribution >= 4 is 17.8 Å². The number of nitrogens with one attached hydrogen (secondary N) is 2. The largest absolute Gasteiger partial charge is 0.491 e. The molecular weight excluding hydrogens is 285 g/mol. The quantitative estimate of drug-likeness (QED) is 0.535. The zero-order valence-corrected chi connectivity index (χ0v) is 10.5. The van der Waals surface area contributed by atoms with Gasteiger partial charge in [-0.25, -0.2) is 9.59 Å². The van der Waals surface area contributed by atoms with Gasteiger partial charge >= 0.3 is 18.1 Å². The van der Waals surface area contributed by atoms with Crippen molar-refractivity contribution in [2.45, 2.75) is 31.3 Å². The van der Waals surface area contributed by atoms with E-state index >= 15 is 0 Å². The molecule has 10 heteroatoms. The monoisotopic (exact) mass is 298 g/mol. The molecular formula is C10H13F3N2O5. The van der Waals surface area contributed by atoms with E-state index < -0.39 is 36.3 Å². The average molecular weight is 298 g/mol.